The number of rotatable bonds is 7. The van der Waals surface area contributed by atoms with Crippen LogP contribution < -0.4 is 9.04 Å². The zero-order chi connectivity index (χ0) is 26.5. The lowest BCUT2D eigenvalue weighted by atomic mass is 9.89. The van der Waals surface area contributed by atoms with Gasteiger partial charge in [-0.05, 0) is 74.9 Å². The molecule has 3 rings (SSSR count). The van der Waals surface area contributed by atoms with Crippen molar-refractivity contribution in [2.24, 2.45) is 5.92 Å². The molecule has 10 heteroatoms. The Morgan fingerprint density at radius 1 is 1.00 bits per heavy atom. The Kier molecular flexibility index (Phi) is 8.97. The van der Waals surface area contributed by atoms with E-state index in [0.29, 0.717) is 31.6 Å². The van der Waals surface area contributed by atoms with E-state index in [-0.39, 0.29) is 5.92 Å². The number of hydrogen-bond donors (Lipinski definition) is 1. The van der Waals surface area contributed by atoms with Gasteiger partial charge in [0.2, 0.25) is 0 Å². The normalized spacial score (nSPS) is 16.1. The Balaban J connectivity index is 1.81. The maximum atomic E-state index is 12.9. The van der Waals surface area contributed by atoms with E-state index < -0.39 is 35.0 Å². The molecule has 2 atom stereocenters. The fourth-order valence-electron chi connectivity index (χ4n) is 4.26. The molecule has 2 unspecified atom stereocenters. The first-order valence-corrected chi connectivity index (χ1v) is 12.8. The van der Waals surface area contributed by atoms with E-state index in [1.165, 1.54) is 11.4 Å². The van der Waals surface area contributed by atoms with Crippen LogP contribution in [0.3, 0.4) is 0 Å². The highest BCUT2D eigenvalue weighted by Crippen LogP contribution is 2.32. The Morgan fingerprint density at radius 3 is 1.97 bits per heavy atom. The third kappa shape index (κ3) is 6.76. The Hall–Kier alpha value is -3.11. The van der Waals surface area contributed by atoms with E-state index in [2.05, 4.69) is 0 Å². The molecule has 196 valence electrons. The number of hydrogen-bond acceptors (Lipinski definition) is 6. The van der Waals surface area contributed by atoms with Gasteiger partial charge < -0.3 is 19.1 Å². The number of benzene rings is 2. The van der Waals surface area contributed by atoms with Crippen LogP contribution in [0.1, 0.15) is 33.6 Å². The highest BCUT2D eigenvalue weighted by molar-refractivity contribution is 7.80. The van der Waals surface area contributed by atoms with Gasteiger partial charge in [0, 0.05) is 13.1 Å². The number of likely N-dealkylation sites (tertiary alicyclic amines) is 1. The van der Waals surface area contributed by atoms with E-state index in [0.717, 1.165) is 16.9 Å². The van der Waals surface area contributed by atoms with E-state index in [4.69, 9.17) is 14.2 Å². The third-order valence-electron chi connectivity index (χ3n) is 6.05. The summed E-state index contributed by atoms with van der Waals surface area (Å²) in [7, 11) is 2.86. The molecule has 0 saturated carbocycles. The lowest BCUT2D eigenvalue weighted by molar-refractivity contribution is -0.143. The Labute approximate surface area is 214 Å². The van der Waals surface area contributed by atoms with Crippen molar-refractivity contribution in [3.63, 3.8) is 0 Å². The van der Waals surface area contributed by atoms with Crippen molar-refractivity contribution < 1.29 is 32.6 Å². The molecule has 1 amide bonds. The van der Waals surface area contributed by atoms with Gasteiger partial charge >= 0.3 is 12.1 Å². The average Bonchev–Trinajstić information content (AvgIpc) is 2.86. The van der Waals surface area contributed by atoms with E-state index in [1.807, 2.05) is 36.4 Å². The molecule has 2 aromatic rings. The minimum atomic E-state index is -2.48. The number of ether oxygens (including phenoxy) is 3. The molecule has 2 aromatic carbocycles. The summed E-state index contributed by atoms with van der Waals surface area (Å²) in [5.74, 6) is -0.156. The average molecular weight is 519 g/mol. The fraction of sp³-hybridized carbons (Fsp3) is 0.462. The van der Waals surface area contributed by atoms with Gasteiger partial charge in [-0.3, -0.25) is 8.86 Å². The van der Waals surface area contributed by atoms with Crippen LogP contribution in [0.2, 0.25) is 0 Å². The minimum absolute atomic E-state index is 0.298. The van der Waals surface area contributed by atoms with Crippen LogP contribution in [0.25, 0.3) is 11.1 Å². The van der Waals surface area contributed by atoms with Crippen molar-refractivity contribution in [3.05, 3.63) is 48.5 Å². The summed E-state index contributed by atoms with van der Waals surface area (Å²) >= 11 is -2.48. The number of nitrogens with zero attached hydrogens (tertiary/aromatic N) is 2. The lowest BCUT2D eigenvalue weighted by Gasteiger charge is -2.39. The number of carbonyl (C=O) groups excluding carboxylic acids is 2. The molecule has 1 heterocycles. The van der Waals surface area contributed by atoms with Crippen molar-refractivity contribution >= 4 is 29.0 Å². The molecule has 9 nitrogen and oxygen atoms in total. The molecular formula is C26H34N2O7S. The van der Waals surface area contributed by atoms with Crippen LogP contribution in [0.4, 0.5) is 10.5 Å². The predicted octanol–water partition coefficient (Wildman–Crippen LogP) is 4.49. The number of esters is 1. The summed E-state index contributed by atoms with van der Waals surface area (Å²) in [6, 6.07) is 13.6. The van der Waals surface area contributed by atoms with Crippen LogP contribution in [0.5, 0.6) is 5.75 Å². The maximum Gasteiger partial charge on any atom is 0.410 e. The highest BCUT2D eigenvalue weighted by Gasteiger charge is 2.40. The molecular weight excluding hydrogens is 484 g/mol. The number of methoxy groups -OCH3 is 2. The first-order chi connectivity index (χ1) is 17.0. The summed E-state index contributed by atoms with van der Waals surface area (Å²) < 4.78 is 39.6. The Bertz CT molecular complexity index is 1060. The number of carbonyl (C=O) groups is 2. The van der Waals surface area contributed by atoms with Crippen LogP contribution >= 0.6 is 0 Å². The second-order valence-corrected chi connectivity index (χ2v) is 10.5. The predicted molar refractivity (Wildman–Crippen MR) is 138 cm³/mol. The summed E-state index contributed by atoms with van der Waals surface area (Å²) in [5, 5.41) is 0. The largest absolute Gasteiger partial charge is 0.497 e. The molecule has 0 radical (unpaired) electrons. The zero-order valence-electron chi connectivity index (χ0n) is 21.3. The maximum absolute atomic E-state index is 12.9. The van der Waals surface area contributed by atoms with Gasteiger partial charge in [0.15, 0.2) is 0 Å². The van der Waals surface area contributed by atoms with Gasteiger partial charge in [-0.25, -0.2) is 13.8 Å². The van der Waals surface area contributed by atoms with Crippen LogP contribution in [-0.4, -0.2) is 64.7 Å². The second kappa shape index (κ2) is 11.7. The number of anilines is 1. The van der Waals surface area contributed by atoms with E-state index in [9.17, 15) is 18.4 Å². The van der Waals surface area contributed by atoms with E-state index >= 15 is 0 Å². The van der Waals surface area contributed by atoms with Gasteiger partial charge in [0.1, 0.15) is 17.4 Å². The molecule has 36 heavy (non-hydrogen) atoms. The smallest absolute Gasteiger partial charge is 0.410 e. The SMILES string of the molecule is COC(=O)C(C1CCN(C(=O)OC(C)(C)C)CC1)N(c1ccc(-c2ccc(OC)cc2)cc1)S(=O)O. The van der Waals surface area contributed by atoms with E-state index in [1.54, 1.807) is 44.9 Å². The lowest BCUT2D eigenvalue weighted by Crippen LogP contribution is -2.52. The molecule has 0 spiro atoms. The van der Waals surface area contributed by atoms with Crippen LogP contribution in [0.15, 0.2) is 48.5 Å². The summed E-state index contributed by atoms with van der Waals surface area (Å²) in [6.45, 7) is 6.16. The van der Waals surface area contributed by atoms with Gasteiger partial charge in [0.05, 0.1) is 19.9 Å². The molecule has 0 aromatic heterocycles. The number of piperidine rings is 1. The second-order valence-electron chi connectivity index (χ2n) is 9.60. The zero-order valence-corrected chi connectivity index (χ0v) is 22.1. The molecule has 1 fully saturated rings. The molecule has 1 N–H and O–H groups in total. The molecule has 0 aliphatic carbocycles. The molecule has 1 aliphatic heterocycles. The van der Waals surface area contributed by atoms with Crippen molar-refractivity contribution in [1.82, 2.24) is 4.90 Å². The topological polar surface area (TPSA) is 106 Å². The first-order valence-electron chi connectivity index (χ1n) is 11.7. The van der Waals surface area contributed by atoms with Crippen molar-refractivity contribution in [2.45, 2.75) is 45.3 Å². The minimum Gasteiger partial charge on any atom is -0.497 e. The van der Waals surface area contributed by atoms with Gasteiger partial charge in [0.25, 0.3) is 11.3 Å². The summed E-state index contributed by atoms with van der Waals surface area (Å²) in [5.41, 5.74) is 1.67. The number of amides is 1. The molecule has 1 aliphatic rings. The fourth-order valence-corrected chi connectivity index (χ4v) is 5.01. The van der Waals surface area contributed by atoms with Crippen molar-refractivity contribution in [3.8, 4) is 16.9 Å². The molecule has 1 saturated heterocycles. The summed E-state index contributed by atoms with van der Waals surface area (Å²) in [4.78, 5) is 26.9. The van der Waals surface area contributed by atoms with Crippen LogP contribution in [-0.2, 0) is 25.5 Å². The monoisotopic (exact) mass is 518 g/mol. The van der Waals surface area contributed by atoms with Gasteiger partial charge in [-0.1, -0.05) is 24.3 Å². The van der Waals surface area contributed by atoms with Crippen molar-refractivity contribution in [2.75, 3.05) is 31.6 Å². The van der Waals surface area contributed by atoms with Crippen molar-refractivity contribution in [1.29, 1.82) is 0 Å². The highest BCUT2D eigenvalue weighted by atomic mass is 32.2. The van der Waals surface area contributed by atoms with Gasteiger partial charge in [-0.15, -0.1) is 0 Å². The standard InChI is InChI=1S/C26H34N2O7S/c1-26(2,3)35-25(30)27-16-14-20(15-17-27)23(24(29)34-5)28(36(31)32)21-10-6-18(7-11-21)19-8-12-22(33-4)13-9-19/h6-13,20,23H,14-17H2,1-5H3,(H,31,32). The van der Waals surface area contributed by atoms with Crippen LogP contribution in [0, 0.1) is 5.92 Å². The third-order valence-corrected chi connectivity index (χ3v) is 6.82. The summed E-state index contributed by atoms with van der Waals surface area (Å²) in [6.07, 6.45) is 0.500. The molecule has 0 bridgehead atoms. The quantitative estimate of drug-likeness (QED) is 0.425. The Morgan fingerprint density at radius 2 is 1.53 bits per heavy atom. The van der Waals surface area contributed by atoms with Gasteiger partial charge in [-0.2, -0.15) is 0 Å². The first kappa shape index (κ1) is 27.5.